The summed E-state index contributed by atoms with van der Waals surface area (Å²) in [4.78, 5) is 0. The highest BCUT2D eigenvalue weighted by Gasteiger charge is 2.38. The van der Waals surface area contributed by atoms with Crippen molar-refractivity contribution in [3.8, 4) is 44.5 Å². The number of benzene rings is 9. The van der Waals surface area contributed by atoms with Crippen molar-refractivity contribution in [2.75, 3.05) is 0 Å². The van der Waals surface area contributed by atoms with Crippen molar-refractivity contribution in [1.29, 1.82) is 0 Å². The van der Waals surface area contributed by atoms with E-state index in [0.717, 1.165) is 0 Å². The predicted molar refractivity (Wildman–Crippen MR) is 210 cm³/mol. The lowest BCUT2D eigenvalue weighted by Gasteiger charge is -2.24. The zero-order valence-corrected chi connectivity index (χ0v) is 27.7. The van der Waals surface area contributed by atoms with Gasteiger partial charge in [-0.3, -0.25) is 0 Å². The molecule has 0 unspecified atom stereocenters. The van der Waals surface area contributed by atoms with Crippen LogP contribution in [0.3, 0.4) is 0 Å². The Labute approximate surface area is 286 Å². The van der Waals surface area contributed by atoms with Crippen molar-refractivity contribution < 1.29 is 0 Å². The van der Waals surface area contributed by atoms with Crippen LogP contribution < -0.4 is 0 Å². The van der Waals surface area contributed by atoms with Gasteiger partial charge in [0.2, 0.25) is 0 Å². The van der Waals surface area contributed by atoms with E-state index in [2.05, 4.69) is 184 Å². The summed E-state index contributed by atoms with van der Waals surface area (Å²) in [5.74, 6) is 0. The van der Waals surface area contributed by atoms with Gasteiger partial charge in [-0.2, -0.15) is 0 Å². The molecule has 0 fully saturated rings. The summed E-state index contributed by atoms with van der Waals surface area (Å²) in [5, 5.41) is 10.5. The molecule has 0 nitrogen and oxygen atoms in total. The predicted octanol–water partition coefficient (Wildman–Crippen LogP) is 13.6. The van der Waals surface area contributed by atoms with E-state index in [1.165, 1.54) is 98.7 Å². The third-order valence-corrected chi connectivity index (χ3v) is 11.0. The van der Waals surface area contributed by atoms with Crippen LogP contribution in [-0.2, 0) is 5.41 Å². The monoisotopic (exact) mass is 622 g/mol. The summed E-state index contributed by atoms with van der Waals surface area (Å²) in [6, 6.07) is 62.9. The smallest absolute Gasteiger partial charge is 0.0165 e. The van der Waals surface area contributed by atoms with E-state index in [9.17, 15) is 0 Å². The van der Waals surface area contributed by atoms with Crippen LogP contribution in [0.2, 0.25) is 0 Å². The van der Waals surface area contributed by atoms with E-state index in [0.29, 0.717) is 0 Å². The van der Waals surface area contributed by atoms with Crippen LogP contribution in [0.15, 0.2) is 170 Å². The topological polar surface area (TPSA) is 0 Å². The van der Waals surface area contributed by atoms with E-state index >= 15 is 0 Å². The van der Waals surface area contributed by atoms with Crippen LogP contribution >= 0.6 is 0 Å². The minimum atomic E-state index is -0.118. The van der Waals surface area contributed by atoms with Gasteiger partial charge in [0.05, 0.1) is 0 Å². The molecule has 0 radical (unpaired) electrons. The van der Waals surface area contributed by atoms with Crippen LogP contribution in [0.4, 0.5) is 0 Å². The third kappa shape index (κ3) is 4.04. The molecular weight excluding hydrogens is 589 g/mol. The van der Waals surface area contributed by atoms with Gasteiger partial charge in [-0.05, 0) is 105 Å². The molecule has 0 saturated heterocycles. The summed E-state index contributed by atoms with van der Waals surface area (Å²) in [6.45, 7) is 4.81. The zero-order chi connectivity index (χ0) is 32.7. The maximum Gasteiger partial charge on any atom is 0.0165 e. The first kappa shape index (κ1) is 28.1. The number of fused-ring (bicyclic) bond motifs is 10. The Hall–Kier alpha value is -5.98. The van der Waals surface area contributed by atoms with E-state index in [1.54, 1.807) is 0 Å². The van der Waals surface area contributed by atoms with Gasteiger partial charge in [0.1, 0.15) is 0 Å². The fraction of sp³-hybridized carbons (Fsp3) is 0.0612. The summed E-state index contributed by atoms with van der Waals surface area (Å²) in [7, 11) is 0. The molecule has 0 heterocycles. The van der Waals surface area contributed by atoms with Crippen LogP contribution in [-0.4, -0.2) is 0 Å². The SMILES string of the molecule is CC1(C)c2ccc(-c3c4ccccc4c(-c4ccc(-c5ccccc5)cc4)c4ccccc34)cc2-c2c1c1ccccc1c1ccccc21. The number of hydrogen-bond donors (Lipinski definition) is 0. The molecule has 0 aromatic heterocycles. The lowest BCUT2D eigenvalue weighted by molar-refractivity contribution is 0.666. The van der Waals surface area contributed by atoms with Gasteiger partial charge in [-0.1, -0.05) is 178 Å². The highest BCUT2D eigenvalue weighted by molar-refractivity contribution is 6.22. The molecule has 1 aliphatic rings. The molecule has 0 heteroatoms. The molecule has 10 rings (SSSR count). The van der Waals surface area contributed by atoms with Gasteiger partial charge in [0.25, 0.3) is 0 Å². The molecule has 9 aromatic carbocycles. The molecule has 49 heavy (non-hydrogen) atoms. The van der Waals surface area contributed by atoms with E-state index < -0.39 is 0 Å². The molecule has 9 aromatic rings. The number of hydrogen-bond acceptors (Lipinski definition) is 0. The molecule has 0 aliphatic heterocycles. The lowest BCUT2D eigenvalue weighted by Crippen LogP contribution is -2.15. The maximum absolute atomic E-state index is 2.49. The van der Waals surface area contributed by atoms with Crippen molar-refractivity contribution in [1.82, 2.24) is 0 Å². The maximum atomic E-state index is 2.49. The summed E-state index contributed by atoms with van der Waals surface area (Å²) in [6.07, 6.45) is 0. The molecule has 1 aliphatic carbocycles. The van der Waals surface area contributed by atoms with Crippen molar-refractivity contribution in [3.63, 3.8) is 0 Å². The Morgan fingerprint density at radius 1 is 0.306 bits per heavy atom. The van der Waals surface area contributed by atoms with Gasteiger partial charge in [0.15, 0.2) is 0 Å². The average molecular weight is 623 g/mol. The van der Waals surface area contributed by atoms with E-state index in [-0.39, 0.29) is 5.41 Å². The van der Waals surface area contributed by atoms with Gasteiger partial charge in [-0.25, -0.2) is 0 Å². The van der Waals surface area contributed by atoms with Crippen LogP contribution in [0.25, 0.3) is 87.6 Å². The first-order valence-electron chi connectivity index (χ1n) is 17.3. The Morgan fingerprint density at radius 3 is 1.27 bits per heavy atom. The highest BCUT2D eigenvalue weighted by atomic mass is 14.4. The summed E-state index contributed by atoms with van der Waals surface area (Å²) >= 11 is 0. The fourth-order valence-electron chi connectivity index (χ4n) is 8.87. The first-order chi connectivity index (χ1) is 24.1. The van der Waals surface area contributed by atoms with Gasteiger partial charge >= 0.3 is 0 Å². The molecule has 0 bridgehead atoms. The Bertz CT molecular complexity index is 2710. The normalized spacial score (nSPS) is 13.3. The summed E-state index contributed by atoms with van der Waals surface area (Å²) < 4.78 is 0. The molecule has 0 spiro atoms. The second-order valence-corrected chi connectivity index (χ2v) is 14.0. The van der Waals surface area contributed by atoms with Gasteiger partial charge in [-0.15, -0.1) is 0 Å². The summed E-state index contributed by atoms with van der Waals surface area (Å²) in [5.41, 5.74) is 13.0. The Kier molecular flexibility index (Phi) is 6.02. The first-order valence-corrected chi connectivity index (χ1v) is 17.3. The fourth-order valence-corrected chi connectivity index (χ4v) is 8.87. The van der Waals surface area contributed by atoms with Crippen LogP contribution in [0.5, 0.6) is 0 Å². The highest BCUT2D eigenvalue weighted by Crippen LogP contribution is 2.56. The van der Waals surface area contributed by atoms with E-state index in [1.807, 2.05) is 0 Å². The molecule has 0 amide bonds. The molecule has 0 atom stereocenters. The Morgan fingerprint density at radius 2 is 0.694 bits per heavy atom. The minimum Gasteiger partial charge on any atom is -0.0622 e. The van der Waals surface area contributed by atoms with Crippen molar-refractivity contribution in [3.05, 3.63) is 181 Å². The standard InChI is InChI=1S/C49H34/c1-49(2)44-29-28-34(30-43(44)47-37-18-8-6-16-35(37)36-17-7-13-23-42(36)48(47)49)46-40-21-11-9-19-38(40)45(39-20-10-12-22-41(39)46)33-26-24-32(25-27-33)31-14-4-3-5-15-31/h3-30H,1-2H3. The van der Waals surface area contributed by atoms with Crippen LogP contribution in [0.1, 0.15) is 25.0 Å². The quantitative estimate of drug-likeness (QED) is 0.136. The second kappa shape index (κ2) is 10.5. The van der Waals surface area contributed by atoms with Gasteiger partial charge < -0.3 is 0 Å². The second-order valence-electron chi connectivity index (χ2n) is 14.0. The molecule has 0 saturated carbocycles. The molecular formula is C49H34. The minimum absolute atomic E-state index is 0.118. The number of rotatable bonds is 3. The molecule has 230 valence electrons. The van der Waals surface area contributed by atoms with Crippen molar-refractivity contribution >= 4 is 43.1 Å². The van der Waals surface area contributed by atoms with Crippen molar-refractivity contribution in [2.45, 2.75) is 19.3 Å². The lowest BCUT2D eigenvalue weighted by atomic mass is 9.79. The third-order valence-electron chi connectivity index (χ3n) is 11.0. The van der Waals surface area contributed by atoms with E-state index in [4.69, 9.17) is 0 Å². The average Bonchev–Trinajstić information content (AvgIpc) is 3.40. The Balaban J connectivity index is 1.24. The van der Waals surface area contributed by atoms with Crippen LogP contribution in [0, 0.1) is 0 Å². The zero-order valence-electron chi connectivity index (χ0n) is 27.7. The molecule has 0 N–H and O–H groups in total. The van der Waals surface area contributed by atoms with Crippen molar-refractivity contribution in [2.24, 2.45) is 0 Å². The largest absolute Gasteiger partial charge is 0.0622 e. The van der Waals surface area contributed by atoms with Gasteiger partial charge in [0, 0.05) is 5.41 Å².